The summed E-state index contributed by atoms with van der Waals surface area (Å²) in [5.74, 6) is 0.116. The van der Waals surface area contributed by atoms with Gasteiger partial charge >= 0.3 is 5.97 Å². The highest BCUT2D eigenvalue weighted by atomic mass is 19.1. The molecule has 4 bridgehead atoms. The molecule has 1 aromatic rings. The Labute approximate surface area is 182 Å². The van der Waals surface area contributed by atoms with E-state index in [1.165, 1.54) is 6.07 Å². The molecule has 7 heteroatoms. The lowest BCUT2D eigenvalue weighted by atomic mass is 9.48. The zero-order valence-electron chi connectivity index (χ0n) is 17.9. The molecule has 5 fully saturated rings. The molecule has 5 aliphatic rings. The first-order chi connectivity index (χ1) is 14.8. The number of hydrogen-bond donors (Lipinski definition) is 1. The van der Waals surface area contributed by atoms with Gasteiger partial charge in [0, 0.05) is 38.3 Å². The number of piperazine rings is 1. The topological polar surface area (TPSA) is 70.1 Å². The van der Waals surface area contributed by atoms with Gasteiger partial charge in [-0.2, -0.15) is 0 Å². The summed E-state index contributed by atoms with van der Waals surface area (Å²) in [6.45, 7) is 2.70. The van der Waals surface area contributed by atoms with Crippen LogP contribution in [0.15, 0.2) is 24.3 Å². The van der Waals surface area contributed by atoms with Gasteiger partial charge in [0.1, 0.15) is 5.82 Å². The summed E-state index contributed by atoms with van der Waals surface area (Å²) in [4.78, 5) is 29.4. The molecule has 4 saturated carbocycles. The van der Waals surface area contributed by atoms with Crippen molar-refractivity contribution in [3.05, 3.63) is 35.6 Å². The zero-order chi connectivity index (χ0) is 21.6. The Hall–Kier alpha value is -1.99. The molecule has 0 radical (unpaired) electrons. The average Bonchev–Trinajstić information content (AvgIpc) is 2.72. The Kier molecular flexibility index (Phi) is 5.29. The molecule has 1 amide bonds. The number of carbonyl (C=O) groups is 2. The van der Waals surface area contributed by atoms with Crippen LogP contribution >= 0.6 is 0 Å². The molecule has 1 saturated heterocycles. The Morgan fingerprint density at radius 1 is 1.06 bits per heavy atom. The van der Waals surface area contributed by atoms with Crippen LogP contribution in [0.25, 0.3) is 0 Å². The number of hydrogen-bond acceptors (Lipinski definition) is 5. The summed E-state index contributed by atoms with van der Waals surface area (Å²) in [7, 11) is 0. The van der Waals surface area contributed by atoms with Gasteiger partial charge in [0.2, 0.25) is 0 Å². The van der Waals surface area contributed by atoms with E-state index in [0.717, 1.165) is 32.1 Å². The maximum atomic E-state index is 13.9. The normalized spacial score (nSPS) is 34.7. The van der Waals surface area contributed by atoms with Crippen LogP contribution in [0.1, 0.15) is 44.1 Å². The Balaban J connectivity index is 1.11. The van der Waals surface area contributed by atoms with Gasteiger partial charge in [-0.25, -0.2) is 4.39 Å². The van der Waals surface area contributed by atoms with Crippen molar-refractivity contribution in [1.82, 2.24) is 9.80 Å². The van der Waals surface area contributed by atoms with Crippen LogP contribution in [0.5, 0.6) is 0 Å². The largest absolute Gasteiger partial charge is 0.455 e. The van der Waals surface area contributed by atoms with E-state index in [2.05, 4.69) is 4.90 Å². The average molecular weight is 431 g/mol. The van der Waals surface area contributed by atoms with Crippen LogP contribution in [0.2, 0.25) is 0 Å². The Morgan fingerprint density at radius 2 is 1.74 bits per heavy atom. The third kappa shape index (κ3) is 4.10. The van der Waals surface area contributed by atoms with Crippen molar-refractivity contribution >= 4 is 11.9 Å². The number of rotatable bonds is 5. The summed E-state index contributed by atoms with van der Waals surface area (Å²) >= 11 is 0. The van der Waals surface area contributed by atoms with Gasteiger partial charge in [-0.3, -0.25) is 14.5 Å². The SMILES string of the molecule is O=C(COC(=O)C12C[C@@H]3C[C@@H](CC(O)(C3)C1)C2)N1CCN(Cc2ccccc2F)CC1. The number of ether oxygens (including phenoxy) is 1. The maximum absolute atomic E-state index is 13.9. The van der Waals surface area contributed by atoms with Crippen LogP contribution < -0.4 is 0 Å². The molecule has 31 heavy (non-hydrogen) atoms. The fraction of sp³-hybridized carbons (Fsp3) is 0.667. The van der Waals surface area contributed by atoms with Gasteiger partial charge in [-0.1, -0.05) is 18.2 Å². The van der Waals surface area contributed by atoms with Gasteiger partial charge in [-0.15, -0.1) is 0 Å². The summed E-state index contributed by atoms with van der Waals surface area (Å²) < 4.78 is 19.4. The van der Waals surface area contributed by atoms with Crippen molar-refractivity contribution in [3.8, 4) is 0 Å². The fourth-order valence-electron chi connectivity index (χ4n) is 6.85. The molecule has 1 heterocycles. The lowest BCUT2D eigenvalue weighted by molar-refractivity contribution is -0.197. The lowest BCUT2D eigenvalue weighted by Gasteiger charge is -2.58. The van der Waals surface area contributed by atoms with E-state index in [1.54, 1.807) is 17.0 Å². The second kappa shape index (κ2) is 7.85. The number of amides is 1. The first-order valence-corrected chi connectivity index (χ1v) is 11.5. The van der Waals surface area contributed by atoms with Gasteiger partial charge in [0.15, 0.2) is 6.61 Å². The van der Waals surface area contributed by atoms with E-state index in [0.29, 0.717) is 56.5 Å². The molecule has 1 aliphatic heterocycles. The summed E-state index contributed by atoms with van der Waals surface area (Å²) in [6, 6.07) is 6.76. The third-order valence-corrected chi connectivity index (χ3v) is 7.87. The van der Waals surface area contributed by atoms with Gasteiger partial charge in [0.05, 0.1) is 11.0 Å². The number of benzene rings is 1. The molecule has 1 N–H and O–H groups in total. The van der Waals surface area contributed by atoms with Crippen molar-refractivity contribution in [2.24, 2.45) is 17.3 Å². The second-order valence-electron chi connectivity index (χ2n) is 10.3. The number of carbonyl (C=O) groups excluding carboxylic acids is 2. The highest BCUT2D eigenvalue weighted by Crippen LogP contribution is 2.61. The van der Waals surface area contributed by atoms with E-state index in [1.807, 2.05) is 6.07 Å². The molecule has 4 aliphatic carbocycles. The number of esters is 1. The molecular formula is C24H31FN2O4. The molecule has 4 atom stereocenters. The van der Waals surface area contributed by atoms with E-state index in [-0.39, 0.29) is 24.3 Å². The second-order valence-corrected chi connectivity index (χ2v) is 10.3. The minimum absolute atomic E-state index is 0.178. The van der Waals surface area contributed by atoms with Gasteiger partial charge in [-0.05, 0) is 56.4 Å². The molecule has 1 aromatic carbocycles. The predicted molar refractivity (Wildman–Crippen MR) is 111 cm³/mol. The zero-order valence-corrected chi connectivity index (χ0v) is 17.9. The van der Waals surface area contributed by atoms with E-state index >= 15 is 0 Å². The van der Waals surface area contributed by atoms with Crippen LogP contribution in [-0.4, -0.2) is 65.2 Å². The molecular weight excluding hydrogens is 399 g/mol. The minimum Gasteiger partial charge on any atom is -0.455 e. The molecule has 168 valence electrons. The van der Waals surface area contributed by atoms with Crippen LogP contribution in [-0.2, 0) is 20.9 Å². The van der Waals surface area contributed by atoms with Crippen LogP contribution in [0.4, 0.5) is 4.39 Å². The molecule has 0 spiro atoms. The van der Waals surface area contributed by atoms with Crippen molar-refractivity contribution in [2.45, 2.75) is 50.7 Å². The highest BCUT2D eigenvalue weighted by Gasteiger charge is 2.61. The number of aliphatic hydroxyl groups is 1. The predicted octanol–water partition coefficient (Wildman–Crippen LogP) is 2.34. The van der Waals surface area contributed by atoms with Gasteiger partial charge < -0.3 is 14.7 Å². The van der Waals surface area contributed by atoms with Gasteiger partial charge in [0.25, 0.3) is 5.91 Å². The van der Waals surface area contributed by atoms with Crippen molar-refractivity contribution in [3.63, 3.8) is 0 Å². The molecule has 6 nitrogen and oxygen atoms in total. The molecule has 6 rings (SSSR count). The first-order valence-electron chi connectivity index (χ1n) is 11.5. The van der Waals surface area contributed by atoms with Crippen LogP contribution in [0.3, 0.4) is 0 Å². The van der Waals surface area contributed by atoms with E-state index in [4.69, 9.17) is 4.74 Å². The monoisotopic (exact) mass is 430 g/mol. The fourth-order valence-corrected chi connectivity index (χ4v) is 6.85. The third-order valence-electron chi connectivity index (χ3n) is 7.87. The lowest BCUT2D eigenvalue weighted by Crippen LogP contribution is -2.58. The van der Waals surface area contributed by atoms with E-state index < -0.39 is 11.0 Å². The Bertz CT molecular complexity index is 853. The first kappa shape index (κ1) is 20.9. The van der Waals surface area contributed by atoms with Crippen molar-refractivity contribution in [2.75, 3.05) is 32.8 Å². The number of nitrogens with zero attached hydrogens (tertiary/aromatic N) is 2. The van der Waals surface area contributed by atoms with E-state index in [9.17, 15) is 19.1 Å². The maximum Gasteiger partial charge on any atom is 0.312 e. The standard InChI is InChI=1S/C24H31FN2O4/c25-20-4-2-1-3-19(20)14-26-5-7-27(8-6-26)21(28)15-31-22(29)23-10-17-9-18(11-23)13-24(30,12-17)16-23/h1-4,17-18,30H,5-16H2/t17-,18+,23?,24?. The smallest absolute Gasteiger partial charge is 0.312 e. The quantitative estimate of drug-likeness (QED) is 0.727. The number of halogens is 1. The van der Waals surface area contributed by atoms with Crippen molar-refractivity contribution < 1.29 is 23.8 Å². The molecule has 0 aromatic heterocycles. The van der Waals surface area contributed by atoms with Crippen molar-refractivity contribution in [1.29, 1.82) is 0 Å². The molecule has 2 unspecified atom stereocenters. The summed E-state index contributed by atoms with van der Waals surface area (Å²) in [5, 5.41) is 10.8. The van der Waals surface area contributed by atoms with Crippen LogP contribution in [0, 0.1) is 23.1 Å². The summed E-state index contributed by atoms with van der Waals surface area (Å²) in [6.07, 6.45) is 4.76. The Morgan fingerprint density at radius 3 is 2.39 bits per heavy atom. The summed E-state index contributed by atoms with van der Waals surface area (Å²) in [5.41, 5.74) is -0.660. The highest BCUT2D eigenvalue weighted by molar-refractivity contribution is 5.83. The minimum atomic E-state index is -0.721.